The number of alkyl halides is 3. The fraction of sp³-hybridized carbons (Fsp3) is 0.368. The van der Waals surface area contributed by atoms with Crippen molar-refractivity contribution in [3.05, 3.63) is 58.9 Å². The van der Waals surface area contributed by atoms with Crippen molar-refractivity contribution in [3.8, 4) is 5.75 Å². The Morgan fingerprint density at radius 3 is 2.39 bits per heavy atom. The van der Waals surface area contributed by atoms with E-state index in [1.54, 1.807) is 0 Å². The van der Waals surface area contributed by atoms with Gasteiger partial charge in [-0.2, -0.15) is 13.2 Å². The van der Waals surface area contributed by atoms with E-state index >= 15 is 0 Å². The number of aryl methyl sites for hydroxylation is 1. The molecule has 2 aromatic rings. The van der Waals surface area contributed by atoms with Crippen LogP contribution in [0.5, 0.6) is 5.75 Å². The summed E-state index contributed by atoms with van der Waals surface area (Å²) in [7, 11) is 0. The van der Waals surface area contributed by atoms with E-state index in [-0.39, 0.29) is 23.1 Å². The monoisotopic (exact) mass is 400 g/mol. The van der Waals surface area contributed by atoms with Gasteiger partial charge in [0.15, 0.2) is 11.6 Å². The molecule has 1 aliphatic rings. The van der Waals surface area contributed by atoms with Crippen LogP contribution in [-0.2, 0) is 6.18 Å². The Kier molecular flexibility index (Phi) is 5.53. The summed E-state index contributed by atoms with van der Waals surface area (Å²) in [6.07, 6.45) is -4.10. The summed E-state index contributed by atoms with van der Waals surface area (Å²) >= 11 is 0. The van der Waals surface area contributed by atoms with Crippen LogP contribution in [0.1, 0.15) is 34.6 Å². The van der Waals surface area contributed by atoms with Crippen LogP contribution in [0.4, 0.5) is 22.0 Å². The Balaban J connectivity index is 1.62. The molecule has 0 unspecified atom stereocenters. The van der Waals surface area contributed by atoms with Gasteiger partial charge in [0.05, 0.1) is 11.3 Å². The Morgan fingerprint density at radius 1 is 1.14 bits per heavy atom. The summed E-state index contributed by atoms with van der Waals surface area (Å²) in [5.74, 6) is -1.98. The number of rotatable bonds is 3. The number of nitrogens with zero attached hydrogens (tertiary/aromatic N) is 2. The van der Waals surface area contributed by atoms with E-state index in [2.05, 4.69) is 4.98 Å². The largest absolute Gasteiger partial charge is 0.487 e. The molecule has 0 bridgehead atoms. The quantitative estimate of drug-likeness (QED) is 0.719. The molecule has 150 valence electrons. The van der Waals surface area contributed by atoms with Crippen LogP contribution in [-0.4, -0.2) is 35.0 Å². The molecule has 9 heteroatoms. The number of halogens is 5. The zero-order valence-corrected chi connectivity index (χ0v) is 14.9. The van der Waals surface area contributed by atoms with Crippen molar-refractivity contribution in [1.29, 1.82) is 0 Å². The molecule has 4 nitrogen and oxygen atoms in total. The average molecular weight is 400 g/mol. The first-order chi connectivity index (χ1) is 13.1. The number of likely N-dealkylation sites (tertiary alicyclic amines) is 1. The Morgan fingerprint density at radius 2 is 1.82 bits per heavy atom. The van der Waals surface area contributed by atoms with Crippen molar-refractivity contribution in [2.24, 2.45) is 0 Å². The van der Waals surface area contributed by atoms with Gasteiger partial charge >= 0.3 is 6.18 Å². The molecule has 1 aromatic carbocycles. The van der Waals surface area contributed by atoms with Crippen LogP contribution in [0.3, 0.4) is 0 Å². The minimum atomic E-state index is -4.57. The summed E-state index contributed by atoms with van der Waals surface area (Å²) in [4.78, 5) is 17.6. The first-order valence-corrected chi connectivity index (χ1v) is 8.61. The number of piperidine rings is 1. The molecule has 1 aromatic heterocycles. The maximum atomic E-state index is 13.7. The van der Waals surface area contributed by atoms with Crippen LogP contribution < -0.4 is 4.74 Å². The normalized spacial score (nSPS) is 15.6. The second-order valence-electron chi connectivity index (χ2n) is 6.51. The van der Waals surface area contributed by atoms with Crippen molar-refractivity contribution in [3.63, 3.8) is 0 Å². The number of aromatic nitrogens is 1. The fourth-order valence-electron chi connectivity index (χ4n) is 3.04. The predicted molar refractivity (Wildman–Crippen MR) is 89.9 cm³/mol. The molecule has 0 radical (unpaired) electrons. The van der Waals surface area contributed by atoms with Crippen LogP contribution >= 0.6 is 0 Å². The summed E-state index contributed by atoms with van der Waals surface area (Å²) in [5.41, 5.74) is -0.932. The third kappa shape index (κ3) is 4.40. The van der Waals surface area contributed by atoms with Gasteiger partial charge in [0.1, 0.15) is 17.6 Å². The molecular weight excluding hydrogens is 383 g/mol. The Labute approximate surface area is 157 Å². The summed E-state index contributed by atoms with van der Waals surface area (Å²) in [5, 5.41) is 0. The Bertz CT molecular complexity index is 877. The minimum Gasteiger partial charge on any atom is -0.487 e. The standard InChI is InChI=1S/C19H17F5N2O2/c1-11-14(3-5-17(25-11)19(22,23)24)18(27)26-8-6-13(7-9-26)28-16-4-2-12(20)10-15(16)21/h2-5,10,13H,6-9H2,1H3. The summed E-state index contributed by atoms with van der Waals surface area (Å²) in [6, 6.07) is 4.95. The van der Waals surface area contributed by atoms with Crippen LogP contribution in [0.2, 0.25) is 0 Å². The lowest BCUT2D eigenvalue weighted by atomic mass is 10.1. The van der Waals surface area contributed by atoms with Gasteiger partial charge in [0, 0.05) is 32.0 Å². The number of hydrogen-bond donors (Lipinski definition) is 0. The average Bonchev–Trinajstić information content (AvgIpc) is 2.63. The summed E-state index contributed by atoms with van der Waals surface area (Å²) in [6.45, 7) is 1.95. The van der Waals surface area contributed by atoms with E-state index in [0.717, 1.165) is 24.3 Å². The molecule has 1 amide bonds. The highest BCUT2D eigenvalue weighted by Crippen LogP contribution is 2.29. The van der Waals surface area contributed by atoms with Crippen molar-refractivity contribution < 1.29 is 31.5 Å². The van der Waals surface area contributed by atoms with E-state index in [4.69, 9.17) is 4.74 Å². The van der Waals surface area contributed by atoms with E-state index in [9.17, 15) is 26.7 Å². The van der Waals surface area contributed by atoms with Crippen LogP contribution in [0.15, 0.2) is 30.3 Å². The number of hydrogen-bond acceptors (Lipinski definition) is 3. The maximum absolute atomic E-state index is 13.7. The lowest BCUT2D eigenvalue weighted by Gasteiger charge is -2.32. The van der Waals surface area contributed by atoms with Crippen molar-refractivity contribution in [2.75, 3.05) is 13.1 Å². The van der Waals surface area contributed by atoms with Crippen LogP contribution in [0, 0.1) is 18.6 Å². The molecule has 28 heavy (non-hydrogen) atoms. The van der Waals surface area contributed by atoms with Gasteiger partial charge in [-0.25, -0.2) is 13.8 Å². The Hall–Kier alpha value is -2.71. The molecular formula is C19H17F5N2O2. The third-order valence-electron chi connectivity index (χ3n) is 4.52. The predicted octanol–water partition coefficient (Wildman–Crippen LogP) is 4.37. The highest BCUT2D eigenvalue weighted by atomic mass is 19.4. The first kappa shape index (κ1) is 20.0. The molecule has 0 atom stereocenters. The van der Waals surface area contributed by atoms with Gasteiger partial charge in [-0.1, -0.05) is 0 Å². The SMILES string of the molecule is Cc1nc(C(F)(F)F)ccc1C(=O)N1CCC(Oc2ccc(F)cc2F)CC1. The lowest BCUT2D eigenvalue weighted by molar-refractivity contribution is -0.141. The maximum Gasteiger partial charge on any atom is 0.433 e. The van der Waals surface area contributed by atoms with Crippen molar-refractivity contribution in [2.45, 2.75) is 32.0 Å². The molecule has 0 N–H and O–H groups in total. The molecule has 1 saturated heterocycles. The smallest absolute Gasteiger partial charge is 0.433 e. The van der Waals surface area contributed by atoms with Gasteiger partial charge in [-0.05, 0) is 31.2 Å². The molecule has 1 fully saturated rings. The zero-order valence-electron chi connectivity index (χ0n) is 14.9. The molecule has 0 spiro atoms. The highest BCUT2D eigenvalue weighted by molar-refractivity contribution is 5.95. The van der Waals surface area contributed by atoms with E-state index in [0.29, 0.717) is 25.9 Å². The molecule has 2 heterocycles. The molecule has 0 aliphatic carbocycles. The second-order valence-corrected chi connectivity index (χ2v) is 6.51. The van der Waals surface area contributed by atoms with Gasteiger partial charge < -0.3 is 9.64 Å². The molecule has 1 aliphatic heterocycles. The topological polar surface area (TPSA) is 42.4 Å². The number of carbonyl (C=O) groups excluding carboxylic acids is 1. The van der Waals surface area contributed by atoms with Gasteiger partial charge in [-0.15, -0.1) is 0 Å². The molecule has 3 rings (SSSR count). The van der Waals surface area contributed by atoms with Gasteiger partial charge in [0.25, 0.3) is 5.91 Å². The lowest BCUT2D eigenvalue weighted by Crippen LogP contribution is -2.42. The number of carbonyl (C=O) groups is 1. The number of benzene rings is 1. The second kappa shape index (κ2) is 7.73. The highest BCUT2D eigenvalue weighted by Gasteiger charge is 2.33. The van der Waals surface area contributed by atoms with Crippen LogP contribution in [0.25, 0.3) is 0 Å². The molecule has 0 saturated carbocycles. The minimum absolute atomic E-state index is 0.00609. The van der Waals surface area contributed by atoms with Gasteiger partial charge in [0.2, 0.25) is 0 Å². The van der Waals surface area contributed by atoms with E-state index in [1.165, 1.54) is 17.9 Å². The van der Waals surface area contributed by atoms with Crippen molar-refractivity contribution >= 4 is 5.91 Å². The number of amides is 1. The third-order valence-corrected chi connectivity index (χ3v) is 4.52. The first-order valence-electron chi connectivity index (χ1n) is 8.61. The zero-order chi connectivity index (χ0) is 20.5. The van der Waals surface area contributed by atoms with Gasteiger partial charge in [-0.3, -0.25) is 4.79 Å². The van der Waals surface area contributed by atoms with Crippen molar-refractivity contribution in [1.82, 2.24) is 9.88 Å². The summed E-state index contributed by atoms with van der Waals surface area (Å²) < 4.78 is 70.3. The number of ether oxygens (including phenoxy) is 1. The van der Waals surface area contributed by atoms with E-state index < -0.39 is 29.4 Å². The fourth-order valence-corrected chi connectivity index (χ4v) is 3.04. The van der Waals surface area contributed by atoms with E-state index in [1.807, 2.05) is 0 Å². The number of pyridine rings is 1.